The molecule has 0 aliphatic heterocycles. The summed E-state index contributed by atoms with van der Waals surface area (Å²) in [5, 5.41) is 2.97. The molecule has 1 unspecified atom stereocenters. The van der Waals surface area contributed by atoms with Crippen LogP contribution < -0.4 is 22.7 Å². The van der Waals surface area contributed by atoms with Crippen LogP contribution in [0.4, 0.5) is 0 Å². The highest BCUT2D eigenvalue weighted by atomic mass is 16.6. The van der Waals surface area contributed by atoms with Gasteiger partial charge in [-0.1, -0.05) is 0 Å². The SMILES string of the molecule is NC=NC(/C=C/NCCN)/C=C/ON. The van der Waals surface area contributed by atoms with Crippen LogP contribution >= 0.6 is 0 Å². The van der Waals surface area contributed by atoms with Crippen LogP contribution in [-0.4, -0.2) is 25.5 Å². The first-order valence-electron chi connectivity index (χ1n) is 4.20. The molecule has 6 heteroatoms. The van der Waals surface area contributed by atoms with Crippen molar-refractivity contribution in [2.24, 2.45) is 22.4 Å². The van der Waals surface area contributed by atoms with Gasteiger partial charge in [-0.2, -0.15) is 5.90 Å². The van der Waals surface area contributed by atoms with Crippen LogP contribution in [0.3, 0.4) is 0 Å². The maximum atomic E-state index is 5.29. The fraction of sp³-hybridized carbons (Fsp3) is 0.375. The Morgan fingerprint density at radius 1 is 1.43 bits per heavy atom. The summed E-state index contributed by atoms with van der Waals surface area (Å²) < 4.78 is 0. The van der Waals surface area contributed by atoms with E-state index in [9.17, 15) is 0 Å². The number of nitrogens with two attached hydrogens (primary N) is 3. The number of rotatable bonds is 7. The molecule has 0 saturated carbocycles. The van der Waals surface area contributed by atoms with Crippen LogP contribution in [0.2, 0.25) is 0 Å². The van der Waals surface area contributed by atoms with Crippen LogP contribution in [0.1, 0.15) is 0 Å². The van der Waals surface area contributed by atoms with Crippen molar-refractivity contribution in [3.8, 4) is 0 Å². The summed E-state index contributed by atoms with van der Waals surface area (Å²) in [6, 6.07) is -0.186. The highest BCUT2D eigenvalue weighted by Crippen LogP contribution is 1.94. The van der Waals surface area contributed by atoms with Gasteiger partial charge in [0.15, 0.2) is 0 Å². The maximum absolute atomic E-state index is 5.29. The average Bonchev–Trinajstić information content (AvgIpc) is 2.20. The van der Waals surface area contributed by atoms with E-state index in [1.54, 1.807) is 18.4 Å². The predicted molar refractivity (Wildman–Crippen MR) is 57.1 cm³/mol. The Hall–Kier alpha value is -1.53. The summed E-state index contributed by atoms with van der Waals surface area (Å²) >= 11 is 0. The molecular formula is C8H17N5O. The van der Waals surface area contributed by atoms with Crippen LogP contribution in [0, 0.1) is 0 Å². The second-order valence-electron chi connectivity index (χ2n) is 2.36. The molecule has 7 N–H and O–H groups in total. The van der Waals surface area contributed by atoms with E-state index in [0.29, 0.717) is 13.1 Å². The molecule has 0 aliphatic rings. The van der Waals surface area contributed by atoms with Gasteiger partial charge in [0.25, 0.3) is 0 Å². The number of nitrogens with one attached hydrogen (secondary N) is 1. The highest BCUT2D eigenvalue weighted by Gasteiger charge is 1.93. The third-order valence-corrected chi connectivity index (χ3v) is 1.31. The van der Waals surface area contributed by atoms with E-state index in [-0.39, 0.29) is 6.04 Å². The molecule has 80 valence electrons. The van der Waals surface area contributed by atoms with Gasteiger partial charge in [-0.3, -0.25) is 4.99 Å². The minimum atomic E-state index is -0.186. The lowest BCUT2D eigenvalue weighted by molar-refractivity contribution is 0.260. The Labute approximate surface area is 83.4 Å². The van der Waals surface area contributed by atoms with Crippen molar-refractivity contribution in [2.45, 2.75) is 6.04 Å². The lowest BCUT2D eigenvalue weighted by Gasteiger charge is -2.00. The standard InChI is InChI=1S/C8H17N5O/c9-3-5-12-4-1-8(13-7-10)2-6-14-11/h1-2,4,6-8,12H,3,5,9,11H2,(H2,10,13)/b4-1+,6-2+. The first-order chi connectivity index (χ1) is 6.85. The van der Waals surface area contributed by atoms with Crippen molar-refractivity contribution < 1.29 is 4.84 Å². The molecule has 0 amide bonds. The van der Waals surface area contributed by atoms with Crippen LogP contribution in [0.15, 0.2) is 29.6 Å². The van der Waals surface area contributed by atoms with Gasteiger partial charge in [-0.25, -0.2) is 0 Å². The molecule has 0 rings (SSSR count). The predicted octanol–water partition coefficient (Wildman–Crippen LogP) is -1.19. The summed E-state index contributed by atoms with van der Waals surface area (Å²) in [6.07, 6.45) is 7.77. The molecule has 0 spiro atoms. The Morgan fingerprint density at radius 2 is 2.21 bits per heavy atom. The first kappa shape index (κ1) is 12.5. The molecular weight excluding hydrogens is 182 g/mol. The molecule has 0 bridgehead atoms. The van der Waals surface area contributed by atoms with Gasteiger partial charge in [-0.15, -0.1) is 0 Å². The molecule has 0 aliphatic carbocycles. The topological polar surface area (TPSA) is 112 Å². The summed E-state index contributed by atoms with van der Waals surface area (Å²) in [5.41, 5.74) is 10.4. The van der Waals surface area contributed by atoms with E-state index < -0.39 is 0 Å². The fourth-order valence-corrected chi connectivity index (χ4v) is 0.722. The number of nitrogens with zero attached hydrogens (tertiary/aromatic N) is 1. The third-order valence-electron chi connectivity index (χ3n) is 1.31. The minimum absolute atomic E-state index is 0.186. The Kier molecular flexibility index (Phi) is 8.51. The average molecular weight is 199 g/mol. The molecule has 0 saturated heterocycles. The van der Waals surface area contributed by atoms with Gasteiger partial charge in [0.05, 0.1) is 12.4 Å². The normalized spacial score (nSPS) is 14.1. The van der Waals surface area contributed by atoms with E-state index in [4.69, 9.17) is 17.4 Å². The Balaban J connectivity index is 3.95. The van der Waals surface area contributed by atoms with Crippen molar-refractivity contribution >= 4 is 6.34 Å². The van der Waals surface area contributed by atoms with Gasteiger partial charge >= 0.3 is 0 Å². The number of aliphatic imine (C=N–C) groups is 1. The summed E-state index contributed by atoms with van der Waals surface area (Å²) in [5.74, 6) is 4.82. The second kappa shape index (κ2) is 9.56. The number of hydrogen-bond acceptors (Lipinski definition) is 5. The molecule has 0 aromatic carbocycles. The molecule has 0 heterocycles. The molecule has 14 heavy (non-hydrogen) atoms. The van der Waals surface area contributed by atoms with Crippen molar-refractivity contribution in [3.63, 3.8) is 0 Å². The van der Waals surface area contributed by atoms with Crippen LogP contribution in [0.5, 0.6) is 0 Å². The Bertz CT molecular complexity index is 202. The highest BCUT2D eigenvalue weighted by molar-refractivity contribution is 5.52. The summed E-state index contributed by atoms with van der Waals surface area (Å²) in [7, 11) is 0. The molecule has 6 nitrogen and oxygen atoms in total. The maximum Gasteiger partial charge on any atom is 0.109 e. The Morgan fingerprint density at radius 3 is 2.79 bits per heavy atom. The van der Waals surface area contributed by atoms with Gasteiger partial charge < -0.3 is 21.6 Å². The second-order valence-corrected chi connectivity index (χ2v) is 2.36. The van der Waals surface area contributed by atoms with Crippen LogP contribution in [-0.2, 0) is 4.84 Å². The lowest BCUT2D eigenvalue weighted by Crippen LogP contribution is -2.17. The van der Waals surface area contributed by atoms with E-state index in [1.807, 2.05) is 0 Å². The molecule has 0 aromatic rings. The summed E-state index contributed by atoms with van der Waals surface area (Å²) in [4.78, 5) is 8.21. The van der Waals surface area contributed by atoms with Crippen molar-refractivity contribution in [3.05, 3.63) is 24.6 Å². The zero-order chi connectivity index (χ0) is 10.6. The third kappa shape index (κ3) is 7.14. The largest absolute Gasteiger partial charge is 0.420 e. The monoisotopic (exact) mass is 199 g/mol. The van der Waals surface area contributed by atoms with Gasteiger partial charge in [0.2, 0.25) is 0 Å². The molecule has 1 atom stereocenters. The zero-order valence-electron chi connectivity index (χ0n) is 7.97. The van der Waals surface area contributed by atoms with Crippen LogP contribution in [0.25, 0.3) is 0 Å². The first-order valence-corrected chi connectivity index (χ1v) is 4.20. The minimum Gasteiger partial charge on any atom is -0.420 e. The molecule has 0 aromatic heterocycles. The van der Waals surface area contributed by atoms with Gasteiger partial charge in [0, 0.05) is 13.1 Å². The van der Waals surface area contributed by atoms with Gasteiger partial charge in [0.1, 0.15) is 6.26 Å². The molecule has 0 fully saturated rings. The van der Waals surface area contributed by atoms with E-state index in [2.05, 4.69) is 15.1 Å². The van der Waals surface area contributed by atoms with Crippen molar-refractivity contribution in [2.75, 3.05) is 13.1 Å². The lowest BCUT2D eigenvalue weighted by atomic mass is 10.3. The zero-order valence-corrected chi connectivity index (χ0v) is 7.97. The number of hydrogen-bond donors (Lipinski definition) is 4. The van der Waals surface area contributed by atoms with Crippen molar-refractivity contribution in [1.29, 1.82) is 0 Å². The quantitative estimate of drug-likeness (QED) is 0.135. The van der Waals surface area contributed by atoms with Crippen molar-refractivity contribution in [1.82, 2.24) is 5.32 Å². The fourth-order valence-electron chi connectivity index (χ4n) is 0.722. The van der Waals surface area contributed by atoms with E-state index >= 15 is 0 Å². The summed E-state index contributed by atoms with van der Waals surface area (Å²) in [6.45, 7) is 1.30. The van der Waals surface area contributed by atoms with E-state index in [0.717, 1.165) is 0 Å². The van der Waals surface area contributed by atoms with E-state index in [1.165, 1.54) is 12.6 Å². The molecule has 0 radical (unpaired) electrons. The van der Waals surface area contributed by atoms with Gasteiger partial charge in [-0.05, 0) is 18.4 Å². The smallest absolute Gasteiger partial charge is 0.109 e.